The number of esters is 1. The molecule has 0 unspecified atom stereocenters. The van der Waals surface area contributed by atoms with E-state index in [-0.39, 0.29) is 22.9 Å². The number of benzene rings is 1. The summed E-state index contributed by atoms with van der Waals surface area (Å²) in [7, 11) is 1.15. The molecule has 0 bridgehead atoms. The average Bonchev–Trinajstić information content (AvgIpc) is 2.36. The lowest BCUT2D eigenvalue weighted by Gasteiger charge is -2.08. The molecule has 0 aliphatic carbocycles. The quantitative estimate of drug-likeness (QED) is 0.270. The van der Waals surface area contributed by atoms with E-state index < -0.39 is 22.4 Å². The summed E-state index contributed by atoms with van der Waals surface area (Å²) >= 11 is 5.68. The Morgan fingerprint density at radius 2 is 2.05 bits per heavy atom. The second kappa shape index (κ2) is 6.14. The van der Waals surface area contributed by atoms with Crippen LogP contribution in [0.5, 0.6) is 5.75 Å². The van der Waals surface area contributed by atoms with Crippen LogP contribution in [-0.2, 0) is 9.53 Å². The van der Waals surface area contributed by atoms with Crippen molar-refractivity contribution in [2.45, 2.75) is 6.92 Å². The van der Waals surface area contributed by atoms with Gasteiger partial charge in [-0.15, -0.1) is 0 Å². The van der Waals surface area contributed by atoms with Crippen LogP contribution >= 0.6 is 11.6 Å². The zero-order chi connectivity index (χ0) is 14.6. The van der Waals surface area contributed by atoms with Crippen LogP contribution in [0.3, 0.4) is 0 Å². The zero-order valence-electron chi connectivity index (χ0n) is 10.1. The molecule has 0 saturated heterocycles. The highest BCUT2D eigenvalue weighted by Crippen LogP contribution is 2.34. The Labute approximate surface area is 113 Å². The van der Waals surface area contributed by atoms with Crippen LogP contribution in [-0.4, -0.2) is 30.4 Å². The highest BCUT2D eigenvalue weighted by atomic mass is 35.5. The summed E-state index contributed by atoms with van der Waals surface area (Å²) in [6.07, 6.45) is 0. The van der Waals surface area contributed by atoms with Crippen molar-refractivity contribution in [2.75, 3.05) is 13.7 Å². The van der Waals surface area contributed by atoms with Gasteiger partial charge in [-0.3, -0.25) is 14.9 Å². The standard InChI is InChI=1S/C11H10ClNO6/c1-3-19-11(15)9(14)7-4-6(12)5-8(13(16)17)10(7)18-2/h4-5H,3H2,1-2H3. The van der Waals surface area contributed by atoms with Gasteiger partial charge in [0.25, 0.3) is 5.78 Å². The third-order valence-corrected chi connectivity index (χ3v) is 2.36. The summed E-state index contributed by atoms with van der Waals surface area (Å²) < 4.78 is 9.35. The lowest BCUT2D eigenvalue weighted by molar-refractivity contribution is -0.385. The van der Waals surface area contributed by atoms with Crippen LogP contribution in [0.4, 0.5) is 5.69 Å². The second-order valence-corrected chi connectivity index (χ2v) is 3.75. The molecule has 0 saturated carbocycles. The first-order valence-electron chi connectivity index (χ1n) is 5.15. The number of nitrogens with zero attached hydrogens (tertiary/aromatic N) is 1. The second-order valence-electron chi connectivity index (χ2n) is 3.31. The molecule has 0 spiro atoms. The van der Waals surface area contributed by atoms with Gasteiger partial charge in [-0.05, 0) is 13.0 Å². The Kier molecular flexibility index (Phi) is 4.82. The van der Waals surface area contributed by atoms with Crippen LogP contribution < -0.4 is 4.74 Å². The van der Waals surface area contributed by atoms with Gasteiger partial charge in [0.15, 0.2) is 0 Å². The van der Waals surface area contributed by atoms with Crippen molar-refractivity contribution >= 4 is 29.0 Å². The van der Waals surface area contributed by atoms with Crippen molar-refractivity contribution in [1.82, 2.24) is 0 Å². The molecule has 0 N–H and O–H groups in total. The molecule has 1 aromatic rings. The van der Waals surface area contributed by atoms with E-state index in [1.807, 2.05) is 0 Å². The summed E-state index contributed by atoms with van der Waals surface area (Å²) in [6.45, 7) is 1.54. The number of nitro groups is 1. The molecule has 0 amide bonds. The third kappa shape index (κ3) is 3.19. The van der Waals surface area contributed by atoms with Crippen LogP contribution in [0, 0.1) is 10.1 Å². The molecule has 0 heterocycles. The van der Waals surface area contributed by atoms with Crippen LogP contribution in [0.1, 0.15) is 17.3 Å². The number of methoxy groups -OCH3 is 1. The molecule has 8 heteroatoms. The van der Waals surface area contributed by atoms with Crippen LogP contribution in [0.15, 0.2) is 12.1 Å². The molecule has 0 aliphatic rings. The normalized spacial score (nSPS) is 9.84. The van der Waals surface area contributed by atoms with Crippen LogP contribution in [0.25, 0.3) is 0 Å². The number of hydrogen-bond acceptors (Lipinski definition) is 6. The third-order valence-electron chi connectivity index (χ3n) is 2.14. The summed E-state index contributed by atoms with van der Waals surface area (Å²) in [5.74, 6) is -2.51. The van der Waals surface area contributed by atoms with Gasteiger partial charge in [-0.2, -0.15) is 0 Å². The number of nitro benzene ring substituents is 1. The number of halogens is 1. The summed E-state index contributed by atoms with van der Waals surface area (Å²) in [5.41, 5.74) is -0.803. The molecule has 1 aromatic carbocycles. The molecule has 1 rings (SSSR count). The van der Waals surface area contributed by atoms with E-state index in [1.165, 1.54) is 6.92 Å². The molecule has 0 radical (unpaired) electrons. The Bertz CT molecular complexity index is 542. The molecule has 102 valence electrons. The summed E-state index contributed by atoms with van der Waals surface area (Å²) in [4.78, 5) is 33.3. The molecule has 7 nitrogen and oxygen atoms in total. The minimum atomic E-state index is -1.13. The van der Waals surface area contributed by atoms with E-state index >= 15 is 0 Å². The molecule has 0 atom stereocenters. The van der Waals surface area contributed by atoms with E-state index in [0.717, 1.165) is 19.2 Å². The minimum Gasteiger partial charge on any atom is -0.490 e. The monoisotopic (exact) mass is 287 g/mol. The number of Topliss-reactive ketones (excluding diaryl/α,β-unsaturated/α-hetero) is 1. The number of ether oxygens (including phenoxy) is 2. The Balaban J connectivity index is 3.38. The Morgan fingerprint density at radius 1 is 1.42 bits per heavy atom. The Morgan fingerprint density at radius 3 is 2.53 bits per heavy atom. The van der Waals surface area contributed by atoms with E-state index in [1.54, 1.807) is 0 Å². The number of rotatable bonds is 5. The van der Waals surface area contributed by atoms with Crippen molar-refractivity contribution in [2.24, 2.45) is 0 Å². The maximum absolute atomic E-state index is 11.8. The van der Waals surface area contributed by atoms with E-state index in [4.69, 9.17) is 16.3 Å². The number of ketones is 1. The predicted octanol–water partition coefficient (Wildman–Crippen LogP) is 2.00. The molecule has 0 aliphatic heterocycles. The molecule has 0 aromatic heterocycles. The van der Waals surface area contributed by atoms with Gasteiger partial charge in [0.05, 0.1) is 24.2 Å². The van der Waals surface area contributed by atoms with Gasteiger partial charge in [0.1, 0.15) is 0 Å². The first-order valence-corrected chi connectivity index (χ1v) is 5.53. The first kappa shape index (κ1) is 14.9. The van der Waals surface area contributed by atoms with Gasteiger partial charge in [0, 0.05) is 11.1 Å². The van der Waals surface area contributed by atoms with Crippen molar-refractivity contribution in [3.8, 4) is 5.75 Å². The van der Waals surface area contributed by atoms with E-state index in [2.05, 4.69) is 4.74 Å². The number of carbonyl (C=O) groups is 2. The fourth-order valence-electron chi connectivity index (χ4n) is 1.40. The van der Waals surface area contributed by atoms with Gasteiger partial charge in [-0.1, -0.05) is 11.6 Å². The summed E-state index contributed by atoms with van der Waals surface area (Å²) in [5, 5.41) is 10.8. The molecular weight excluding hydrogens is 278 g/mol. The first-order chi connectivity index (χ1) is 8.92. The smallest absolute Gasteiger partial charge is 0.379 e. The minimum absolute atomic E-state index is 0.00947. The fraction of sp³-hybridized carbons (Fsp3) is 0.273. The molecule has 0 fully saturated rings. The lowest BCUT2D eigenvalue weighted by atomic mass is 10.1. The van der Waals surface area contributed by atoms with Crippen LogP contribution in [0.2, 0.25) is 5.02 Å². The van der Waals surface area contributed by atoms with E-state index in [9.17, 15) is 19.7 Å². The average molecular weight is 288 g/mol. The SMILES string of the molecule is CCOC(=O)C(=O)c1cc(Cl)cc([N+](=O)[O-])c1OC. The Hall–Kier alpha value is -2.15. The highest BCUT2D eigenvalue weighted by Gasteiger charge is 2.28. The van der Waals surface area contributed by atoms with Crippen molar-refractivity contribution in [3.63, 3.8) is 0 Å². The topological polar surface area (TPSA) is 95.7 Å². The molecule has 19 heavy (non-hydrogen) atoms. The van der Waals surface area contributed by atoms with Crippen molar-refractivity contribution in [3.05, 3.63) is 32.8 Å². The highest BCUT2D eigenvalue weighted by molar-refractivity contribution is 6.42. The maximum Gasteiger partial charge on any atom is 0.379 e. The van der Waals surface area contributed by atoms with Gasteiger partial charge in [-0.25, -0.2) is 4.79 Å². The van der Waals surface area contributed by atoms with Gasteiger partial charge in [0.2, 0.25) is 5.75 Å². The van der Waals surface area contributed by atoms with Crippen molar-refractivity contribution in [1.29, 1.82) is 0 Å². The predicted molar refractivity (Wildman–Crippen MR) is 65.6 cm³/mol. The summed E-state index contributed by atoms with van der Waals surface area (Å²) in [6, 6.07) is 2.15. The lowest BCUT2D eigenvalue weighted by Crippen LogP contribution is -2.18. The number of hydrogen-bond donors (Lipinski definition) is 0. The number of carbonyl (C=O) groups excluding carboxylic acids is 2. The maximum atomic E-state index is 11.8. The van der Waals surface area contributed by atoms with Gasteiger partial charge < -0.3 is 9.47 Å². The fourth-order valence-corrected chi connectivity index (χ4v) is 1.62. The van der Waals surface area contributed by atoms with Gasteiger partial charge >= 0.3 is 11.7 Å². The van der Waals surface area contributed by atoms with E-state index in [0.29, 0.717) is 0 Å². The largest absolute Gasteiger partial charge is 0.490 e. The molecular formula is C11H10ClNO6. The zero-order valence-corrected chi connectivity index (χ0v) is 10.9. The van der Waals surface area contributed by atoms with Crippen molar-refractivity contribution < 1.29 is 24.0 Å².